The maximum absolute atomic E-state index is 10.6. The van der Waals surface area contributed by atoms with Crippen molar-refractivity contribution in [2.75, 3.05) is 0 Å². The SMILES string of the molecule is CCCC=CCC(C)C(N)=O. The van der Waals surface area contributed by atoms with Crippen molar-refractivity contribution in [1.82, 2.24) is 0 Å². The van der Waals surface area contributed by atoms with Crippen LogP contribution in [-0.2, 0) is 4.79 Å². The Kier molecular flexibility index (Phi) is 5.53. The number of hydrogen-bond donors (Lipinski definition) is 1. The second kappa shape index (κ2) is 5.96. The summed E-state index contributed by atoms with van der Waals surface area (Å²) in [6.45, 7) is 3.97. The molecule has 0 spiro atoms. The molecule has 2 N–H and O–H groups in total. The number of carbonyl (C=O) groups is 1. The second-order valence-corrected chi connectivity index (χ2v) is 2.80. The fourth-order valence-corrected chi connectivity index (χ4v) is 0.701. The molecular weight excluding hydrogens is 138 g/mol. The number of nitrogens with two attached hydrogens (primary N) is 1. The van der Waals surface area contributed by atoms with Crippen molar-refractivity contribution in [3.63, 3.8) is 0 Å². The van der Waals surface area contributed by atoms with Crippen LogP contribution in [0.25, 0.3) is 0 Å². The standard InChI is InChI=1S/C9H17NO/c1-3-4-5-6-7-8(2)9(10)11/h5-6,8H,3-4,7H2,1-2H3,(H2,10,11). The highest BCUT2D eigenvalue weighted by atomic mass is 16.1. The van der Waals surface area contributed by atoms with E-state index in [1.165, 1.54) is 0 Å². The summed E-state index contributed by atoms with van der Waals surface area (Å²) >= 11 is 0. The lowest BCUT2D eigenvalue weighted by Gasteiger charge is -2.00. The highest BCUT2D eigenvalue weighted by Gasteiger charge is 2.04. The van der Waals surface area contributed by atoms with Crippen LogP contribution >= 0.6 is 0 Å². The van der Waals surface area contributed by atoms with Gasteiger partial charge in [0.1, 0.15) is 0 Å². The molecule has 0 heterocycles. The molecule has 0 radical (unpaired) electrons. The Labute approximate surface area is 68.5 Å². The molecule has 0 aromatic rings. The Bertz CT molecular complexity index is 140. The van der Waals surface area contributed by atoms with Crippen LogP contribution in [0, 0.1) is 5.92 Å². The van der Waals surface area contributed by atoms with Gasteiger partial charge in [-0.25, -0.2) is 0 Å². The zero-order valence-electron chi connectivity index (χ0n) is 7.34. The quantitative estimate of drug-likeness (QED) is 0.605. The smallest absolute Gasteiger partial charge is 0.220 e. The third-order valence-corrected chi connectivity index (χ3v) is 1.60. The highest BCUT2D eigenvalue weighted by Crippen LogP contribution is 2.02. The van der Waals surface area contributed by atoms with Crippen LogP contribution < -0.4 is 5.73 Å². The minimum atomic E-state index is -0.217. The van der Waals surface area contributed by atoms with E-state index in [1.54, 1.807) is 0 Å². The maximum atomic E-state index is 10.6. The molecule has 11 heavy (non-hydrogen) atoms. The minimum absolute atomic E-state index is 0.0249. The van der Waals surface area contributed by atoms with Gasteiger partial charge in [-0.15, -0.1) is 0 Å². The second-order valence-electron chi connectivity index (χ2n) is 2.80. The third-order valence-electron chi connectivity index (χ3n) is 1.60. The van der Waals surface area contributed by atoms with E-state index in [9.17, 15) is 4.79 Å². The molecule has 0 aliphatic rings. The first kappa shape index (κ1) is 10.2. The lowest BCUT2D eigenvalue weighted by atomic mass is 10.1. The normalized spacial score (nSPS) is 13.6. The van der Waals surface area contributed by atoms with Gasteiger partial charge < -0.3 is 5.73 Å². The van der Waals surface area contributed by atoms with Crippen molar-refractivity contribution in [2.45, 2.75) is 33.1 Å². The molecule has 0 bridgehead atoms. The van der Waals surface area contributed by atoms with Crippen LogP contribution in [-0.4, -0.2) is 5.91 Å². The van der Waals surface area contributed by atoms with Crippen molar-refractivity contribution < 1.29 is 4.79 Å². The number of carbonyl (C=O) groups excluding carboxylic acids is 1. The Balaban J connectivity index is 3.44. The van der Waals surface area contributed by atoms with Crippen LogP contribution in [0.4, 0.5) is 0 Å². The average molecular weight is 155 g/mol. The molecule has 0 fully saturated rings. The number of hydrogen-bond acceptors (Lipinski definition) is 1. The molecule has 0 aliphatic heterocycles. The summed E-state index contributed by atoms with van der Waals surface area (Å²) in [7, 11) is 0. The van der Waals surface area contributed by atoms with Gasteiger partial charge in [0.05, 0.1) is 0 Å². The van der Waals surface area contributed by atoms with Gasteiger partial charge >= 0.3 is 0 Å². The molecule has 1 amide bonds. The monoisotopic (exact) mass is 155 g/mol. The fraction of sp³-hybridized carbons (Fsp3) is 0.667. The van der Waals surface area contributed by atoms with Gasteiger partial charge in [-0.1, -0.05) is 32.4 Å². The molecule has 1 unspecified atom stereocenters. The lowest BCUT2D eigenvalue weighted by molar-refractivity contribution is -0.121. The van der Waals surface area contributed by atoms with Gasteiger partial charge in [0, 0.05) is 5.92 Å². The maximum Gasteiger partial charge on any atom is 0.220 e. The molecule has 2 nitrogen and oxygen atoms in total. The number of allylic oxidation sites excluding steroid dienone is 2. The molecule has 64 valence electrons. The number of unbranched alkanes of at least 4 members (excludes halogenated alkanes) is 1. The summed E-state index contributed by atoms with van der Waals surface area (Å²) in [5, 5.41) is 0. The molecule has 0 aromatic carbocycles. The predicted octanol–water partition coefficient (Wildman–Crippen LogP) is 1.85. The van der Waals surface area contributed by atoms with Crippen LogP contribution in [0.3, 0.4) is 0 Å². The Morgan fingerprint density at radius 1 is 1.55 bits per heavy atom. The zero-order valence-corrected chi connectivity index (χ0v) is 7.34. The van der Waals surface area contributed by atoms with Crippen LogP contribution in [0.1, 0.15) is 33.1 Å². The summed E-state index contributed by atoms with van der Waals surface area (Å²) in [4.78, 5) is 10.6. The molecule has 0 rings (SSSR count). The van der Waals surface area contributed by atoms with E-state index in [0.29, 0.717) is 0 Å². The first-order chi connectivity index (χ1) is 5.18. The Morgan fingerprint density at radius 2 is 2.18 bits per heavy atom. The molecule has 0 saturated heterocycles. The van der Waals surface area contributed by atoms with Gasteiger partial charge in [-0.3, -0.25) is 4.79 Å². The van der Waals surface area contributed by atoms with Crippen molar-refractivity contribution >= 4 is 5.91 Å². The van der Waals surface area contributed by atoms with Crippen molar-refractivity contribution in [3.05, 3.63) is 12.2 Å². The summed E-state index contributed by atoms with van der Waals surface area (Å²) in [6, 6.07) is 0. The van der Waals surface area contributed by atoms with E-state index in [-0.39, 0.29) is 11.8 Å². The van der Waals surface area contributed by atoms with Crippen LogP contribution in [0.2, 0.25) is 0 Å². The summed E-state index contributed by atoms with van der Waals surface area (Å²) in [5.74, 6) is -0.241. The molecule has 2 heteroatoms. The topological polar surface area (TPSA) is 43.1 Å². The van der Waals surface area contributed by atoms with E-state index in [2.05, 4.69) is 13.0 Å². The first-order valence-corrected chi connectivity index (χ1v) is 4.12. The van der Waals surface area contributed by atoms with Crippen LogP contribution in [0.15, 0.2) is 12.2 Å². The number of rotatable bonds is 5. The Hall–Kier alpha value is -0.790. The molecule has 0 aromatic heterocycles. The summed E-state index contributed by atoms with van der Waals surface area (Å²) in [6.07, 6.45) is 7.14. The van der Waals surface area contributed by atoms with Gasteiger partial charge in [0.25, 0.3) is 0 Å². The lowest BCUT2D eigenvalue weighted by Crippen LogP contribution is -2.19. The van der Waals surface area contributed by atoms with E-state index < -0.39 is 0 Å². The van der Waals surface area contributed by atoms with E-state index in [0.717, 1.165) is 19.3 Å². The van der Waals surface area contributed by atoms with E-state index in [4.69, 9.17) is 5.73 Å². The van der Waals surface area contributed by atoms with Crippen molar-refractivity contribution in [2.24, 2.45) is 11.7 Å². The number of amides is 1. The minimum Gasteiger partial charge on any atom is -0.369 e. The highest BCUT2D eigenvalue weighted by molar-refractivity contribution is 5.76. The largest absolute Gasteiger partial charge is 0.369 e. The molecule has 1 atom stereocenters. The Morgan fingerprint density at radius 3 is 2.64 bits per heavy atom. The summed E-state index contributed by atoms with van der Waals surface area (Å²) < 4.78 is 0. The molecule has 0 saturated carbocycles. The van der Waals surface area contributed by atoms with Gasteiger partial charge in [0.2, 0.25) is 5.91 Å². The predicted molar refractivity (Wildman–Crippen MR) is 47.0 cm³/mol. The molecule has 0 aliphatic carbocycles. The molecular formula is C9H17NO. The average Bonchev–Trinajstić information content (AvgIpc) is 1.97. The van der Waals surface area contributed by atoms with Crippen molar-refractivity contribution in [3.8, 4) is 0 Å². The fourth-order valence-electron chi connectivity index (χ4n) is 0.701. The van der Waals surface area contributed by atoms with Gasteiger partial charge in [0.15, 0.2) is 0 Å². The van der Waals surface area contributed by atoms with E-state index in [1.807, 2.05) is 13.0 Å². The zero-order chi connectivity index (χ0) is 8.69. The van der Waals surface area contributed by atoms with Crippen molar-refractivity contribution in [1.29, 1.82) is 0 Å². The number of primary amides is 1. The third kappa shape index (κ3) is 5.64. The first-order valence-electron chi connectivity index (χ1n) is 4.12. The van der Waals surface area contributed by atoms with E-state index >= 15 is 0 Å². The van der Waals surface area contributed by atoms with Gasteiger partial charge in [-0.05, 0) is 12.8 Å². The summed E-state index contributed by atoms with van der Waals surface area (Å²) in [5.41, 5.74) is 5.08. The van der Waals surface area contributed by atoms with Gasteiger partial charge in [-0.2, -0.15) is 0 Å². The van der Waals surface area contributed by atoms with Crippen LogP contribution in [0.5, 0.6) is 0 Å².